The first kappa shape index (κ1) is 13.0. The maximum absolute atomic E-state index is 9.23. The molecule has 2 aromatic rings. The first-order valence-corrected chi connectivity index (χ1v) is 6.17. The van der Waals surface area contributed by atoms with E-state index in [2.05, 4.69) is 23.2 Å². The second-order valence-electron chi connectivity index (χ2n) is 4.27. The molecule has 0 bridgehead atoms. The third-order valence-corrected chi connectivity index (χ3v) is 3.09. The Morgan fingerprint density at radius 3 is 2.63 bits per heavy atom. The minimum Gasteiger partial charge on any atom is -0.436 e. The molecule has 96 valence electrons. The highest BCUT2D eigenvalue weighted by Crippen LogP contribution is 2.27. The Morgan fingerprint density at radius 2 is 1.95 bits per heavy atom. The number of nitriles is 1. The van der Waals surface area contributed by atoms with Crippen molar-refractivity contribution in [2.75, 3.05) is 0 Å². The van der Waals surface area contributed by atoms with Gasteiger partial charge in [0.05, 0.1) is 5.69 Å². The predicted molar refractivity (Wildman–Crippen MR) is 72.1 cm³/mol. The van der Waals surface area contributed by atoms with Crippen LogP contribution in [0.4, 0.5) is 0 Å². The number of aryl methyl sites for hydroxylation is 2. The number of para-hydroxylation sites is 1. The fraction of sp³-hybridized carbons (Fsp3) is 0.267. The van der Waals surface area contributed by atoms with E-state index in [1.807, 2.05) is 38.1 Å². The summed E-state index contributed by atoms with van der Waals surface area (Å²) in [5, 5.41) is 17.2. The fourth-order valence-corrected chi connectivity index (χ4v) is 1.79. The lowest BCUT2D eigenvalue weighted by atomic mass is 10.1. The van der Waals surface area contributed by atoms with Crippen LogP contribution in [0.5, 0.6) is 11.6 Å². The van der Waals surface area contributed by atoms with Gasteiger partial charge in [0.2, 0.25) is 0 Å². The molecule has 0 atom stereocenters. The summed E-state index contributed by atoms with van der Waals surface area (Å²) in [4.78, 5) is 0. The SMILES string of the molecule is CCc1ccccc1Oc1nnc(C)c(C)c1C#N. The van der Waals surface area contributed by atoms with Crippen LogP contribution >= 0.6 is 0 Å². The summed E-state index contributed by atoms with van der Waals surface area (Å²) in [5.74, 6) is 0.991. The van der Waals surface area contributed by atoms with E-state index in [-0.39, 0.29) is 5.88 Å². The maximum atomic E-state index is 9.23. The Hall–Kier alpha value is -2.41. The second kappa shape index (κ2) is 5.49. The third kappa shape index (κ3) is 2.55. The average Bonchev–Trinajstić information content (AvgIpc) is 2.44. The van der Waals surface area contributed by atoms with Gasteiger partial charge in [-0.1, -0.05) is 25.1 Å². The molecule has 0 aliphatic carbocycles. The van der Waals surface area contributed by atoms with E-state index in [4.69, 9.17) is 4.74 Å². The quantitative estimate of drug-likeness (QED) is 0.841. The molecule has 0 amide bonds. The Balaban J connectivity index is 2.45. The van der Waals surface area contributed by atoms with Crippen molar-refractivity contribution in [3.63, 3.8) is 0 Å². The van der Waals surface area contributed by atoms with Gasteiger partial charge in [0.1, 0.15) is 17.4 Å². The van der Waals surface area contributed by atoms with Gasteiger partial charge in [-0.2, -0.15) is 10.4 Å². The molecule has 4 heteroatoms. The van der Waals surface area contributed by atoms with Crippen LogP contribution in [-0.2, 0) is 6.42 Å². The summed E-state index contributed by atoms with van der Waals surface area (Å²) in [5.41, 5.74) is 3.07. The molecule has 0 N–H and O–H groups in total. The first-order chi connectivity index (χ1) is 9.17. The molecule has 1 aromatic carbocycles. The van der Waals surface area contributed by atoms with Crippen LogP contribution in [-0.4, -0.2) is 10.2 Å². The molecule has 2 rings (SSSR count). The van der Waals surface area contributed by atoms with E-state index < -0.39 is 0 Å². The highest BCUT2D eigenvalue weighted by atomic mass is 16.5. The molecule has 0 aliphatic heterocycles. The van der Waals surface area contributed by atoms with Gasteiger partial charge in [-0.3, -0.25) is 0 Å². The first-order valence-electron chi connectivity index (χ1n) is 6.17. The van der Waals surface area contributed by atoms with E-state index in [0.717, 1.165) is 29.0 Å². The Morgan fingerprint density at radius 1 is 1.21 bits per heavy atom. The lowest BCUT2D eigenvalue weighted by molar-refractivity contribution is 0.447. The van der Waals surface area contributed by atoms with E-state index in [0.29, 0.717) is 5.56 Å². The van der Waals surface area contributed by atoms with Gasteiger partial charge in [-0.05, 0) is 37.5 Å². The van der Waals surface area contributed by atoms with Gasteiger partial charge in [-0.25, -0.2) is 0 Å². The van der Waals surface area contributed by atoms with Crippen molar-refractivity contribution in [2.24, 2.45) is 0 Å². The molecular formula is C15H15N3O. The number of hydrogen-bond donors (Lipinski definition) is 0. The lowest BCUT2D eigenvalue weighted by Gasteiger charge is -2.11. The van der Waals surface area contributed by atoms with Crippen LogP contribution in [0.3, 0.4) is 0 Å². The molecular weight excluding hydrogens is 238 g/mol. The van der Waals surface area contributed by atoms with Crippen molar-refractivity contribution in [3.8, 4) is 17.7 Å². The van der Waals surface area contributed by atoms with Crippen molar-refractivity contribution in [3.05, 3.63) is 46.6 Å². The van der Waals surface area contributed by atoms with Crippen molar-refractivity contribution in [2.45, 2.75) is 27.2 Å². The van der Waals surface area contributed by atoms with Crippen molar-refractivity contribution in [1.29, 1.82) is 5.26 Å². The molecule has 0 spiro atoms. The summed E-state index contributed by atoms with van der Waals surface area (Å²) in [6.45, 7) is 5.73. The van der Waals surface area contributed by atoms with Crippen LogP contribution in [0, 0.1) is 25.2 Å². The number of nitrogens with zero attached hydrogens (tertiary/aromatic N) is 3. The smallest absolute Gasteiger partial charge is 0.257 e. The summed E-state index contributed by atoms with van der Waals surface area (Å²) in [6, 6.07) is 9.86. The zero-order chi connectivity index (χ0) is 13.8. The molecule has 0 saturated carbocycles. The lowest BCUT2D eigenvalue weighted by Crippen LogP contribution is -2.01. The van der Waals surface area contributed by atoms with Crippen LogP contribution in [0.15, 0.2) is 24.3 Å². The summed E-state index contributed by atoms with van der Waals surface area (Å²) in [7, 11) is 0. The molecule has 4 nitrogen and oxygen atoms in total. The maximum Gasteiger partial charge on any atom is 0.257 e. The topological polar surface area (TPSA) is 58.8 Å². The molecule has 0 aliphatic rings. The minimum atomic E-state index is 0.270. The Bertz CT molecular complexity index is 644. The van der Waals surface area contributed by atoms with Gasteiger partial charge in [0.25, 0.3) is 5.88 Å². The summed E-state index contributed by atoms with van der Waals surface area (Å²) >= 11 is 0. The molecule has 0 fully saturated rings. The highest BCUT2D eigenvalue weighted by Gasteiger charge is 2.13. The molecule has 19 heavy (non-hydrogen) atoms. The molecule has 1 heterocycles. The number of rotatable bonds is 3. The van der Waals surface area contributed by atoms with Crippen molar-refractivity contribution >= 4 is 0 Å². The van der Waals surface area contributed by atoms with Crippen molar-refractivity contribution in [1.82, 2.24) is 10.2 Å². The van der Waals surface area contributed by atoms with Gasteiger partial charge in [-0.15, -0.1) is 5.10 Å². The minimum absolute atomic E-state index is 0.270. The zero-order valence-electron chi connectivity index (χ0n) is 11.3. The highest BCUT2D eigenvalue weighted by molar-refractivity contribution is 5.47. The molecule has 1 aromatic heterocycles. The van der Waals surface area contributed by atoms with E-state index in [1.54, 1.807) is 0 Å². The largest absolute Gasteiger partial charge is 0.436 e. The third-order valence-electron chi connectivity index (χ3n) is 3.09. The molecule has 0 radical (unpaired) electrons. The van der Waals surface area contributed by atoms with Crippen LogP contribution in [0.1, 0.15) is 29.3 Å². The van der Waals surface area contributed by atoms with E-state index >= 15 is 0 Å². The summed E-state index contributed by atoms with van der Waals surface area (Å²) < 4.78 is 5.76. The van der Waals surface area contributed by atoms with E-state index in [1.165, 1.54) is 0 Å². The summed E-state index contributed by atoms with van der Waals surface area (Å²) in [6.07, 6.45) is 0.857. The van der Waals surface area contributed by atoms with Gasteiger partial charge >= 0.3 is 0 Å². The monoisotopic (exact) mass is 253 g/mol. The van der Waals surface area contributed by atoms with Crippen LogP contribution in [0.2, 0.25) is 0 Å². The van der Waals surface area contributed by atoms with Gasteiger partial charge < -0.3 is 4.74 Å². The van der Waals surface area contributed by atoms with Crippen LogP contribution in [0.25, 0.3) is 0 Å². The Labute approximate surface area is 112 Å². The second-order valence-corrected chi connectivity index (χ2v) is 4.27. The van der Waals surface area contributed by atoms with Crippen molar-refractivity contribution < 1.29 is 4.74 Å². The van der Waals surface area contributed by atoms with Crippen LogP contribution < -0.4 is 4.74 Å². The fourth-order valence-electron chi connectivity index (χ4n) is 1.79. The van der Waals surface area contributed by atoms with E-state index in [9.17, 15) is 5.26 Å². The number of hydrogen-bond acceptors (Lipinski definition) is 4. The molecule has 0 saturated heterocycles. The zero-order valence-corrected chi connectivity index (χ0v) is 11.3. The standard InChI is InChI=1S/C15H15N3O/c1-4-12-7-5-6-8-14(12)19-15-13(9-16)10(2)11(3)17-18-15/h5-8H,4H2,1-3H3. The van der Waals surface area contributed by atoms with Gasteiger partial charge in [0.15, 0.2) is 0 Å². The Kier molecular flexibility index (Phi) is 3.76. The predicted octanol–water partition coefficient (Wildman–Crippen LogP) is 3.32. The average molecular weight is 253 g/mol. The molecule has 0 unspecified atom stereocenters. The number of aromatic nitrogens is 2. The number of benzene rings is 1. The number of ether oxygens (including phenoxy) is 1. The normalized spacial score (nSPS) is 10.0. The van der Waals surface area contributed by atoms with Gasteiger partial charge in [0, 0.05) is 0 Å².